The predicted molar refractivity (Wildman–Crippen MR) is 95.3 cm³/mol. The van der Waals surface area contributed by atoms with Crippen LogP contribution in [0, 0.1) is 0 Å². The summed E-state index contributed by atoms with van der Waals surface area (Å²) in [6, 6.07) is 8.05. The van der Waals surface area contributed by atoms with Crippen molar-refractivity contribution in [2.75, 3.05) is 6.61 Å². The van der Waals surface area contributed by atoms with Gasteiger partial charge in [-0.25, -0.2) is 0 Å². The van der Waals surface area contributed by atoms with Gasteiger partial charge in [0, 0.05) is 0 Å². The van der Waals surface area contributed by atoms with Gasteiger partial charge in [0.2, 0.25) is 0 Å². The summed E-state index contributed by atoms with van der Waals surface area (Å²) in [5, 5.41) is 4.90. The van der Waals surface area contributed by atoms with Crippen molar-refractivity contribution in [3.8, 4) is 5.75 Å². The Morgan fingerprint density at radius 3 is 2.17 bits per heavy atom. The number of aryl methyl sites for hydroxylation is 1. The van der Waals surface area contributed by atoms with Crippen LogP contribution < -0.4 is 4.89 Å². The smallest absolute Gasteiger partial charge is 0.171 e. The fourth-order valence-corrected chi connectivity index (χ4v) is 2.57. The van der Waals surface area contributed by atoms with Crippen molar-refractivity contribution < 1.29 is 14.8 Å². The number of para-hydroxylation sites is 1. The van der Waals surface area contributed by atoms with Gasteiger partial charge in [-0.15, -0.1) is 0 Å². The highest BCUT2D eigenvalue weighted by Crippen LogP contribution is 2.21. The van der Waals surface area contributed by atoms with Crippen LogP contribution in [0.15, 0.2) is 24.3 Å². The van der Waals surface area contributed by atoms with E-state index in [1.165, 1.54) is 63.4 Å². The van der Waals surface area contributed by atoms with Gasteiger partial charge in [0.25, 0.3) is 0 Å². The van der Waals surface area contributed by atoms with Crippen molar-refractivity contribution in [3.05, 3.63) is 29.8 Å². The normalized spacial score (nSPS) is 10.9. The van der Waals surface area contributed by atoms with Gasteiger partial charge in [0.1, 0.15) is 0 Å². The highest BCUT2D eigenvalue weighted by atomic mass is 17.5. The highest BCUT2D eigenvalue weighted by molar-refractivity contribution is 5.32. The maximum absolute atomic E-state index is 5.32. The summed E-state index contributed by atoms with van der Waals surface area (Å²) in [6.45, 7) is 5.03. The molecule has 132 valence electrons. The average molecular weight is 322 g/mol. The summed E-state index contributed by atoms with van der Waals surface area (Å²) >= 11 is 0. The van der Waals surface area contributed by atoms with Crippen LogP contribution in [0.25, 0.3) is 0 Å². The Balaban J connectivity index is 2.17. The molecular formula is C20H34O3. The third-order valence-electron chi connectivity index (χ3n) is 4.03. The van der Waals surface area contributed by atoms with Gasteiger partial charge < -0.3 is 4.89 Å². The van der Waals surface area contributed by atoms with E-state index < -0.39 is 0 Å². The molecule has 0 radical (unpaired) electrons. The van der Waals surface area contributed by atoms with Crippen molar-refractivity contribution in [2.45, 2.75) is 84.5 Å². The van der Waals surface area contributed by atoms with Crippen LogP contribution >= 0.6 is 0 Å². The Hall–Kier alpha value is -1.06. The molecule has 0 unspecified atom stereocenters. The molecule has 0 aromatic heterocycles. The van der Waals surface area contributed by atoms with Crippen molar-refractivity contribution in [1.82, 2.24) is 0 Å². The number of unbranched alkanes of at least 4 members (excludes halogenated alkanes) is 8. The Labute approximate surface area is 142 Å². The van der Waals surface area contributed by atoms with E-state index in [4.69, 9.17) is 14.8 Å². The average Bonchev–Trinajstić information content (AvgIpc) is 2.58. The van der Waals surface area contributed by atoms with Crippen LogP contribution in [0.3, 0.4) is 0 Å². The quantitative estimate of drug-likeness (QED) is 0.212. The molecule has 3 heteroatoms. The van der Waals surface area contributed by atoms with E-state index in [0.717, 1.165) is 18.6 Å². The van der Waals surface area contributed by atoms with Crippen molar-refractivity contribution in [3.63, 3.8) is 0 Å². The maximum Gasteiger partial charge on any atom is 0.171 e. The molecule has 1 aromatic rings. The maximum atomic E-state index is 5.32. The van der Waals surface area contributed by atoms with Crippen LogP contribution in [0.4, 0.5) is 0 Å². The zero-order valence-corrected chi connectivity index (χ0v) is 15.0. The third kappa shape index (κ3) is 10.4. The Morgan fingerprint density at radius 2 is 1.39 bits per heavy atom. The molecule has 0 N–H and O–H groups in total. The lowest BCUT2D eigenvalue weighted by Crippen LogP contribution is -2.03. The van der Waals surface area contributed by atoms with Crippen LogP contribution in [0.2, 0.25) is 0 Å². The van der Waals surface area contributed by atoms with Gasteiger partial charge in [-0.1, -0.05) is 83.4 Å². The Kier molecular flexibility index (Phi) is 12.6. The van der Waals surface area contributed by atoms with Crippen molar-refractivity contribution >= 4 is 0 Å². The van der Waals surface area contributed by atoms with Gasteiger partial charge in [-0.3, -0.25) is 0 Å². The molecular weight excluding hydrogens is 288 g/mol. The molecule has 0 amide bonds. The molecule has 23 heavy (non-hydrogen) atoms. The molecule has 0 saturated carbocycles. The second kappa shape index (κ2) is 14.5. The summed E-state index contributed by atoms with van der Waals surface area (Å²) in [5.41, 5.74) is 1.19. The second-order valence-corrected chi connectivity index (χ2v) is 6.16. The minimum Gasteiger partial charge on any atom is -0.308 e. The van der Waals surface area contributed by atoms with Crippen LogP contribution in [0.5, 0.6) is 5.75 Å². The topological polar surface area (TPSA) is 27.7 Å². The van der Waals surface area contributed by atoms with Gasteiger partial charge in [-0.2, -0.15) is 4.89 Å². The van der Waals surface area contributed by atoms with Crippen LogP contribution in [0.1, 0.15) is 83.6 Å². The molecule has 0 fully saturated rings. The molecule has 0 spiro atoms. The molecule has 0 aliphatic heterocycles. The lowest BCUT2D eigenvalue weighted by molar-refractivity contribution is -0.466. The Bertz CT molecular complexity index is 379. The first kappa shape index (κ1) is 20.0. The van der Waals surface area contributed by atoms with E-state index in [-0.39, 0.29) is 0 Å². The molecule has 0 bridgehead atoms. The molecule has 1 rings (SSSR count). The van der Waals surface area contributed by atoms with Gasteiger partial charge >= 0.3 is 0 Å². The first-order valence-corrected chi connectivity index (χ1v) is 9.42. The second-order valence-electron chi connectivity index (χ2n) is 6.16. The fraction of sp³-hybridized carbons (Fsp3) is 0.700. The van der Waals surface area contributed by atoms with E-state index in [1.807, 2.05) is 18.2 Å². The molecule has 0 aliphatic rings. The lowest BCUT2D eigenvalue weighted by Gasteiger charge is -2.09. The standard InChI is InChI=1S/C20H34O3/c1-3-5-7-9-10-11-15-19-16-12-13-17-20(19)22-23-21-18-14-8-6-4-2/h12-13,16-17H,3-11,14-15,18H2,1-2H3. The molecule has 3 nitrogen and oxygen atoms in total. The monoisotopic (exact) mass is 322 g/mol. The highest BCUT2D eigenvalue weighted by Gasteiger charge is 2.04. The third-order valence-corrected chi connectivity index (χ3v) is 4.03. The summed E-state index contributed by atoms with van der Waals surface area (Å²) in [6.07, 6.45) is 13.5. The summed E-state index contributed by atoms with van der Waals surface area (Å²) in [5.74, 6) is 0.773. The van der Waals surface area contributed by atoms with Gasteiger partial charge in [0.15, 0.2) is 5.75 Å². The summed E-state index contributed by atoms with van der Waals surface area (Å²) in [4.78, 5) is 10.4. The molecule has 0 atom stereocenters. The van der Waals surface area contributed by atoms with Crippen LogP contribution in [-0.2, 0) is 16.3 Å². The molecule has 0 saturated heterocycles. The van der Waals surface area contributed by atoms with Gasteiger partial charge in [-0.05, 0) is 35.9 Å². The largest absolute Gasteiger partial charge is 0.308 e. The minimum absolute atomic E-state index is 0.583. The summed E-state index contributed by atoms with van der Waals surface area (Å²) < 4.78 is 0. The number of hydrogen-bond donors (Lipinski definition) is 0. The van der Waals surface area contributed by atoms with E-state index in [9.17, 15) is 0 Å². The predicted octanol–water partition coefficient (Wildman–Crippen LogP) is 6.41. The zero-order valence-electron chi connectivity index (χ0n) is 15.0. The van der Waals surface area contributed by atoms with E-state index in [2.05, 4.69) is 19.9 Å². The summed E-state index contributed by atoms with van der Waals surface area (Å²) in [7, 11) is 0. The van der Waals surface area contributed by atoms with Gasteiger partial charge in [0.05, 0.1) is 6.61 Å². The van der Waals surface area contributed by atoms with E-state index in [1.54, 1.807) is 0 Å². The first-order valence-electron chi connectivity index (χ1n) is 9.42. The van der Waals surface area contributed by atoms with E-state index >= 15 is 0 Å². The van der Waals surface area contributed by atoms with Crippen molar-refractivity contribution in [2.24, 2.45) is 0 Å². The number of benzene rings is 1. The zero-order chi connectivity index (χ0) is 16.6. The van der Waals surface area contributed by atoms with Crippen molar-refractivity contribution in [1.29, 1.82) is 0 Å². The minimum atomic E-state index is 0.583. The molecule has 1 aromatic carbocycles. The fourth-order valence-electron chi connectivity index (χ4n) is 2.57. The number of rotatable bonds is 15. The SMILES string of the molecule is CCCCCCCCc1ccccc1OOOCCCCCC. The molecule has 0 heterocycles. The number of hydrogen-bond acceptors (Lipinski definition) is 3. The van der Waals surface area contributed by atoms with E-state index in [0.29, 0.717) is 6.61 Å². The lowest BCUT2D eigenvalue weighted by atomic mass is 10.0. The van der Waals surface area contributed by atoms with Crippen LogP contribution in [-0.4, -0.2) is 6.61 Å². The molecule has 0 aliphatic carbocycles. The first-order chi connectivity index (χ1) is 11.4. The Morgan fingerprint density at radius 1 is 0.739 bits per heavy atom.